The van der Waals surface area contributed by atoms with Crippen molar-refractivity contribution in [3.8, 4) is 17.2 Å². The van der Waals surface area contributed by atoms with E-state index in [1.54, 1.807) is 78.9 Å². The summed E-state index contributed by atoms with van der Waals surface area (Å²) in [5.74, 6) is 0.571. The van der Waals surface area contributed by atoms with Gasteiger partial charge in [0.15, 0.2) is 0 Å². The summed E-state index contributed by atoms with van der Waals surface area (Å²) in [6, 6.07) is 24.4. The Kier molecular flexibility index (Phi) is 5.84. The average Bonchev–Trinajstić information content (AvgIpc) is 2.63. The second kappa shape index (κ2) is 8.29. The Morgan fingerprint density at radius 2 is 1.00 bits per heavy atom. The molecule has 3 rings (SSSR count). The highest BCUT2D eigenvalue weighted by molar-refractivity contribution is 7.94. The van der Waals surface area contributed by atoms with Gasteiger partial charge < -0.3 is 13.2 Å². The summed E-state index contributed by atoms with van der Waals surface area (Å²) in [5.41, 5.74) is -0.946. The molecule has 0 radical (unpaired) electrons. The molecule has 0 aliphatic rings. The Hall–Kier alpha value is -2.76. The zero-order valence-electron chi connectivity index (χ0n) is 14.2. The summed E-state index contributed by atoms with van der Waals surface area (Å²) < 4.78 is 54.1. The molecule has 0 aromatic heterocycles. The van der Waals surface area contributed by atoms with E-state index in [9.17, 15) is 13.0 Å². The van der Waals surface area contributed by atoms with E-state index < -0.39 is 23.2 Å². The quantitative estimate of drug-likeness (QED) is 0.400. The molecule has 140 valence electrons. The summed E-state index contributed by atoms with van der Waals surface area (Å²) in [6.45, 7) is 0. The maximum absolute atomic E-state index is 13.3. The van der Waals surface area contributed by atoms with Crippen LogP contribution in [0.2, 0.25) is 0 Å². The van der Waals surface area contributed by atoms with Crippen LogP contribution in [-0.2, 0) is 14.7 Å². The highest BCUT2D eigenvalue weighted by atomic mass is 32.2. The third-order valence-corrected chi connectivity index (χ3v) is 7.21. The van der Waals surface area contributed by atoms with E-state index in [2.05, 4.69) is 0 Å². The predicted molar refractivity (Wildman–Crippen MR) is 103 cm³/mol. The molecule has 0 heterocycles. The van der Waals surface area contributed by atoms with Gasteiger partial charge in [-0.25, -0.2) is 4.57 Å². The van der Waals surface area contributed by atoms with Crippen LogP contribution in [0.25, 0.3) is 0 Å². The van der Waals surface area contributed by atoms with Crippen molar-refractivity contribution >= 4 is 17.7 Å². The number of hydrogen-bond donors (Lipinski definition) is 0. The Bertz CT molecular complexity index is 962. The molecule has 0 N–H and O–H groups in total. The number of para-hydroxylation sites is 3. The maximum Gasteiger partial charge on any atom is 0.449 e. The normalized spacial score (nSPS) is 11.6. The Morgan fingerprint density at radius 1 is 0.630 bits per heavy atom. The summed E-state index contributed by atoms with van der Waals surface area (Å²) in [5, 5.41) is 0. The van der Waals surface area contributed by atoms with Gasteiger partial charge in [-0.1, -0.05) is 54.6 Å². The molecular weight excluding hydrogens is 387 g/mol. The van der Waals surface area contributed by atoms with Crippen LogP contribution in [0.1, 0.15) is 0 Å². The monoisotopic (exact) mass is 404 g/mol. The van der Waals surface area contributed by atoms with Crippen molar-refractivity contribution in [2.75, 3.05) is 5.49 Å². The minimum absolute atomic E-state index is 0.114. The van der Waals surface area contributed by atoms with Gasteiger partial charge in [-0.3, -0.25) is 0 Å². The van der Waals surface area contributed by atoms with Crippen molar-refractivity contribution in [2.45, 2.75) is 0 Å². The third kappa shape index (κ3) is 5.88. The van der Waals surface area contributed by atoms with Gasteiger partial charge in [-0.15, -0.1) is 0 Å². The molecule has 6 nitrogen and oxygen atoms in total. The highest BCUT2D eigenvalue weighted by Gasteiger charge is 2.37. The largest absolute Gasteiger partial charge is 0.449 e. The smallest absolute Gasteiger partial charge is 0.415 e. The fourth-order valence-electron chi connectivity index (χ4n) is 2.20. The lowest BCUT2D eigenvalue weighted by Crippen LogP contribution is -2.18. The van der Waals surface area contributed by atoms with Crippen molar-refractivity contribution in [1.82, 2.24) is 0 Å². The number of benzene rings is 3. The van der Waals surface area contributed by atoms with Gasteiger partial charge in [0.25, 0.3) is 0 Å². The second-order valence-electron chi connectivity index (χ2n) is 5.50. The molecule has 0 aliphatic heterocycles. The maximum atomic E-state index is 13.3. The molecule has 0 saturated heterocycles. The molecule has 0 spiro atoms. The molecule has 0 saturated carbocycles. The summed E-state index contributed by atoms with van der Waals surface area (Å²) >= 11 is 0. The van der Waals surface area contributed by atoms with E-state index in [1.807, 2.05) is 0 Å². The van der Waals surface area contributed by atoms with Crippen molar-refractivity contribution in [3.05, 3.63) is 91.0 Å². The first-order valence-electron chi connectivity index (χ1n) is 8.00. The van der Waals surface area contributed by atoms with Crippen molar-refractivity contribution in [1.29, 1.82) is 0 Å². The van der Waals surface area contributed by atoms with Gasteiger partial charge >= 0.3 is 17.7 Å². The van der Waals surface area contributed by atoms with Gasteiger partial charge in [0, 0.05) is 0 Å². The lowest BCUT2D eigenvalue weighted by molar-refractivity contribution is 0.388. The highest BCUT2D eigenvalue weighted by Crippen LogP contribution is 2.49. The second-order valence-corrected chi connectivity index (χ2v) is 9.40. The van der Waals surface area contributed by atoms with E-state index in [1.165, 1.54) is 12.1 Å². The summed E-state index contributed by atoms with van der Waals surface area (Å²) in [4.78, 5) is 0. The lowest BCUT2D eigenvalue weighted by atomic mass is 10.3. The number of hydrogen-bond acceptors (Lipinski definition) is 6. The fraction of sp³-hybridized carbons (Fsp3) is 0.0526. The Balaban J connectivity index is 1.85. The lowest BCUT2D eigenvalue weighted by Gasteiger charge is -2.20. The number of rotatable bonds is 8. The molecule has 3 aromatic rings. The SMILES string of the molecule is O=P(CS(=O)(=O)Oc1ccccc1)(Oc1ccccc1)Oc1ccccc1. The van der Waals surface area contributed by atoms with E-state index in [-0.39, 0.29) is 17.2 Å². The molecule has 0 amide bonds. The molecule has 27 heavy (non-hydrogen) atoms. The average molecular weight is 404 g/mol. The van der Waals surface area contributed by atoms with Crippen LogP contribution in [0.5, 0.6) is 17.2 Å². The Labute approximate surface area is 158 Å². The molecule has 0 aliphatic carbocycles. The van der Waals surface area contributed by atoms with Crippen molar-refractivity contribution < 1.29 is 26.2 Å². The van der Waals surface area contributed by atoms with Crippen LogP contribution < -0.4 is 13.2 Å². The van der Waals surface area contributed by atoms with Crippen molar-refractivity contribution in [3.63, 3.8) is 0 Å². The van der Waals surface area contributed by atoms with Crippen LogP contribution >= 0.6 is 7.60 Å². The van der Waals surface area contributed by atoms with Gasteiger partial charge in [0.2, 0.25) is 5.49 Å². The van der Waals surface area contributed by atoms with Crippen LogP contribution in [0, 0.1) is 0 Å². The summed E-state index contributed by atoms with van der Waals surface area (Å²) in [7, 11) is -8.38. The van der Waals surface area contributed by atoms with E-state index in [0.29, 0.717) is 0 Å². The van der Waals surface area contributed by atoms with Crippen LogP contribution in [0.3, 0.4) is 0 Å². The van der Waals surface area contributed by atoms with Gasteiger partial charge in [-0.05, 0) is 36.4 Å². The van der Waals surface area contributed by atoms with Gasteiger partial charge in [0.1, 0.15) is 17.2 Å². The topological polar surface area (TPSA) is 78.9 Å². The standard InChI is InChI=1S/C19H17O6PS/c20-26(23-17-10-4-1-5-11-17,24-18-12-6-2-7-13-18)16-27(21,22)25-19-14-8-3-9-15-19/h1-15H,16H2. The molecule has 0 atom stereocenters. The van der Waals surface area contributed by atoms with E-state index in [4.69, 9.17) is 13.2 Å². The minimum atomic E-state index is -4.25. The summed E-state index contributed by atoms with van der Waals surface area (Å²) in [6.07, 6.45) is 0. The zero-order chi connectivity index (χ0) is 19.2. The minimum Gasteiger partial charge on any atom is -0.415 e. The first-order valence-corrected chi connectivity index (χ1v) is 11.3. The Morgan fingerprint density at radius 3 is 1.41 bits per heavy atom. The van der Waals surface area contributed by atoms with E-state index in [0.717, 1.165) is 0 Å². The first kappa shape index (κ1) is 19.0. The van der Waals surface area contributed by atoms with Crippen LogP contribution in [0.15, 0.2) is 91.0 Å². The zero-order valence-corrected chi connectivity index (χ0v) is 15.9. The molecular formula is C19H17O6PS. The first-order chi connectivity index (χ1) is 12.9. The van der Waals surface area contributed by atoms with Crippen molar-refractivity contribution in [2.24, 2.45) is 0 Å². The molecule has 8 heteroatoms. The van der Waals surface area contributed by atoms with Gasteiger partial charge in [0.05, 0.1) is 0 Å². The fourth-order valence-corrected chi connectivity index (χ4v) is 5.71. The molecule has 3 aromatic carbocycles. The third-order valence-electron chi connectivity index (χ3n) is 3.26. The predicted octanol–water partition coefficient (Wildman–Crippen LogP) is 4.70. The van der Waals surface area contributed by atoms with Crippen LogP contribution in [-0.4, -0.2) is 13.9 Å². The van der Waals surface area contributed by atoms with Crippen LogP contribution in [0.4, 0.5) is 0 Å². The molecule has 0 unspecified atom stereocenters. The molecule has 0 bridgehead atoms. The van der Waals surface area contributed by atoms with Gasteiger partial charge in [-0.2, -0.15) is 8.42 Å². The molecule has 0 fully saturated rings. The van der Waals surface area contributed by atoms with E-state index >= 15 is 0 Å².